The number of carbonyl (C=O) groups is 1. The SMILES string of the molecule is CC(C(=O)O)c1occc(=O)c1O. The molecule has 0 amide bonds. The highest BCUT2D eigenvalue weighted by atomic mass is 16.4. The molecule has 1 unspecified atom stereocenters. The lowest BCUT2D eigenvalue weighted by Crippen LogP contribution is -2.11. The van der Waals surface area contributed by atoms with Gasteiger partial charge in [0, 0.05) is 6.07 Å². The van der Waals surface area contributed by atoms with E-state index in [-0.39, 0.29) is 5.76 Å². The van der Waals surface area contributed by atoms with Gasteiger partial charge in [0.1, 0.15) is 5.92 Å². The van der Waals surface area contributed by atoms with Crippen LogP contribution in [0.1, 0.15) is 18.6 Å². The fourth-order valence-corrected chi connectivity index (χ4v) is 0.845. The minimum Gasteiger partial charge on any atom is -0.502 e. The van der Waals surface area contributed by atoms with Crippen molar-refractivity contribution in [2.75, 3.05) is 0 Å². The number of aliphatic carboxylic acids is 1. The molecule has 0 spiro atoms. The highest BCUT2D eigenvalue weighted by Gasteiger charge is 2.21. The molecular formula is C8H8O5. The van der Waals surface area contributed by atoms with Gasteiger partial charge in [-0.25, -0.2) is 0 Å². The van der Waals surface area contributed by atoms with Crippen molar-refractivity contribution in [2.24, 2.45) is 0 Å². The second kappa shape index (κ2) is 3.30. The summed E-state index contributed by atoms with van der Waals surface area (Å²) in [5.74, 6) is -3.06. The predicted molar refractivity (Wildman–Crippen MR) is 42.7 cm³/mol. The number of carboxylic acid groups (broad SMARTS) is 1. The van der Waals surface area contributed by atoms with Crippen LogP contribution in [0.15, 0.2) is 21.5 Å². The largest absolute Gasteiger partial charge is 0.502 e. The Balaban J connectivity index is 3.23. The summed E-state index contributed by atoms with van der Waals surface area (Å²) in [4.78, 5) is 21.4. The minimum atomic E-state index is -1.16. The van der Waals surface area contributed by atoms with Gasteiger partial charge in [0.05, 0.1) is 6.26 Å². The van der Waals surface area contributed by atoms with E-state index in [9.17, 15) is 9.59 Å². The molecule has 0 bridgehead atoms. The standard InChI is InChI=1S/C8H8O5/c1-4(8(11)12)7-6(10)5(9)2-3-13-7/h2-4,10H,1H3,(H,11,12). The predicted octanol–water partition coefficient (Wildman–Crippen LogP) is 0.533. The third kappa shape index (κ3) is 1.69. The molecule has 0 aliphatic heterocycles. The molecule has 1 rings (SSSR count). The molecule has 0 aromatic carbocycles. The number of aromatic hydroxyl groups is 1. The highest BCUT2D eigenvalue weighted by molar-refractivity contribution is 5.75. The zero-order valence-electron chi connectivity index (χ0n) is 6.85. The van der Waals surface area contributed by atoms with Crippen LogP contribution in [0.2, 0.25) is 0 Å². The van der Waals surface area contributed by atoms with Crippen molar-refractivity contribution in [3.63, 3.8) is 0 Å². The van der Waals surface area contributed by atoms with Gasteiger partial charge in [-0.1, -0.05) is 0 Å². The normalized spacial score (nSPS) is 12.4. The fraction of sp³-hybridized carbons (Fsp3) is 0.250. The molecule has 0 saturated carbocycles. The molecular weight excluding hydrogens is 176 g/mol. The Morgan fingerprint density at radius 3 is 2.77 bits per heavy atom. The molecule has 0 fully saturated rings. The van der Waals surface area contributed by atoms with Crippen molar-refractivity contribution in [3.05, 3.63) is 28.3 Å². The van der Waals surface area contributed by atoms with Crippen LogP contribution in [0, 0.1) is 0 Å². The molecule has 0 aliphatic rings. The maximum atomic E-state index is 10.9. The molecule has 5 nitrogen and oxygen atoms in total. The van der Waals surface area contributed by atoms with Gasteiger partial charge in [-0.2, -0.15) is 0 Å². The van der Waals surface area contributed by atoms with Gasteiger partial charge in [-0.15, -0.1) is 0 Å². The van der Waals surface area contributed by atoms with Crippen LogP contribution < -0.4 is 5.43 Å². The lowest BCUT2D eigenvalue weighted by Gasteiger charge is -2.05. The van der Waals surface area contributed by atoms with Crippen molar-refractivity contribution < 1.29 is 19.4 Å². The van der Waals surface area contributed by atoms with Crippen LogP contribution >= 0.6 is 0 Å². The van der Waals surface area contributed by atoms with E-state index in [0.717, 1.165) is 12.3 Å². The van der Waals surface area contributed by atoms with E-state index in [4.69, 9.17) is 14.6 Å². The first-order valence-corrected chi connectivity index (χ1v) is 3.57. The van der Waals surface area contributed by atoms with E-state index < -0.39 is 23.1 Å². The Morgan fingerprint density at radius 1 is 1.62 bits per heavy atom. The Bertz CT molecular complexity index is 378. The van der Waals surface area contributed by atoms with Gasteiger partial charge in [-0.05, 0) is 6.92 Å². The summed E-state index contributed by atoms with van der Waals surface area (Å²) in [5, 5.41) is 17.7. The summed E-state index contributed by atoms with van der Waals surface area (Å²) >= 11 is 0. The zero-order valence-corrected chi connectivity index (χ0v) is 6.85. The van der Waals surface area contributed by atoms with Gasteiger partial charge >= 0.3 is 5.97 Å². The average Bonchev–Trinajstić information content (AvgIpc) is 2.08. The van der Waals surface area contributed by atoms with Crippen molar-refractivity contribution in [2.45, 2.75) is 12.8 Å². The molecule has 1 heterocycles. The lowest BCUT2D eigenvalue weighted by molar-refractivity contribution is -0.138. The van der Waals surface area contributed by atoms with Crippen LogP contribution in [0.25, 0.3) is 0 Å². The van der Waals surface area contributed by atoms with Crippen molar-refractivity contribution in [3.8, 4) is 5.75 Å². The summed E-state index contributed by atoms with van der Waals surface area (Å²) in [7, 11) is 0. The number of hydrogen-bond acceptors (Lipinski definition) is 4. The second-order valence-electron chi connectivity index (χ2n) is 2.56. The van der Waals surface area contributed by atoms with Gasteiger partial charge in [0.15, 0.2) is 5.76 Å². The summed E-state index contributed by atoms with van der Waals surface area (Å²) in [6.45, 7) is 1.32. The van der Waals surface area contributed by atoms with E-state index >= 15 is 0 Å². The second-order valence-corrected chi connectivity index (χ2v) is 2.56. The number of rotatable bonds is 2. The third-order valence-corrected chi connectivity index (χ3v) is 1.64. The fourth-order valence-electron chi connectivity index (χ4n) is 0.845. The van der Waals surface area contributed by atoms with Crippen molar-refractivity contribution in [1.82, 2.24) is 0 Å². The summed E-state index contributed by atoms with van der Waals surface area (Å²) in [6.07, 6.45) is 1.05. The van der Waals surface area contributed by atoms with Crippen LogP contribution in [0.4, 0.5) is 0 Å². The zero-order chi connectivity index (χ0) is 10.0. The monoisotopic (exact) mass is 184 g/mol. The molecule has 13 heavy (non-hydrogen) atoms. The van der Waals surface area contributed by atoms with E-state index in [1.165, 1.54) is 6.92 Å². The molecule has 70 valence electrons. The number of hydrogen-bond donors (Lipinski definition) is 2. The van der Waals surface area contributed by atoms with Gasteiger partial charge in [0.2, 0.25) is 11.2 Å². The summed E-state index contributed by atoms with van der Waals surface area (Å²) in [5.41, 5.74) is -0.644. The Hall–Kier alpha value is -1.78. The van der Waals surface area contributed by atoms with E-state index in [2.05, 4.69) is 0 Å². The van der Waals surface area contributed by atoms with Crippen LogP contribution in [0.3, 0.4) is 0 Å². The van der Waals surface area contributed by atoms with Gasteiger partial charge < -0.3 is 14.6 Å². The van der Waals surface area contributed by atoms with Gasteiger partial charge in [-0.3, -0.25) is 9.59 Å². The first-order chi connectivity index (χ1) is 6.04. The quantitative estimate of drug-likeness (QED) is 0.700. The molecule has 1 aromatic rings. The van der Waals surface area contributed by atoms with Crippen molar-refractivity contribution >= 4 is 5.97 Å². The molecule has 5 heteroatoms. The molecule has 2 N–H and O–H groups in total. The smallest absolute Gasteiger partial charge is 0.314 e. The highest BCUT2D eigenvalue weighted by Crippen LogP contribution is 2.21. The average molecular weight is 184 g/mol. The van der Waals surface area contributed by atoms with Crippen molar-refractivity contribution in [1.29, 1.82) is 0 Å². The molecule has 0 aliphatic carbocycles. The number of carboxylic acids is 1. The van der Waals surface area contributed by atoms with Crippen LogP contribution in [-0.4, -0.2) is 16.2 Å². The molecule has 0 saturated heterocycles. The van der Waals surface area contributed by atoms with E-state index in [1.54, 1.807) is 0 Å². The molecule has 0 radical (unpaired) electrons. The molecule has 1 atom stereocenters. The lowest BCUT2D eigenvalue weighted by atomic mass is 10.1. The maximum absolute atomic E-state index is 10.9. The van der Waals surface area contributed by atoms with Crippen LogP contribution in [0.5, 0.6) is 5.75 Å². The first kappa shape index (κ1) is 9.31. The Morgan fingerprint density at radius 2 is 2.23 bits per heavy atom. The third-order valence-electron chi connectivity index (χ3n) is 1.64. The Kier molecular flexibility index (Phi) is 2.36. The van der Waals surface area contributed by atoms with Crippen LogP contribution in [-0.2, 0) is 4.79 Å². The minimum absolute atomic E-state index is 0.222. The topological polar surface area (TPSA) is 87.7 Å². The summed E-state index contributed by atoms with van der Waals surface area (Å²) in [6, 6.07) is 1.02. The molecule has 1 aromatic heterocycles. The van der Waals surface area contributed by atoms with E-state index in [0.29, 0.717) is 0 Å². The first-order valence-electron chi connectivity index (χ1n) is 3.57. The maximum Gasteiger partial charge on any atom is 0.314 e. The van der Waals surface area contributed by atoms with Gasteiger partial charge in [0.25, 0.3) is 0 Å². The van der Waals surface area contributed by atoms with E-state index in [1.807, 2.05) is 0 Å². The summed E-state index contributed by atoms with van der Waals surface area (Å²) < 4.78 is 4.73. The Labute approximate surface area is 73.2 Å².